The number of nitrogens with zero attached hydrogens (tertiary/aromatic N) is 1. The zero-order valence-electron chi connectivity index (χ0n) is 10.4. The van der Waals surface area contributed by atoms with Crippen molar-refractivity contribution >= 4 is 17.5 Å². The predicted molar refractivity (Wildman–Crippen MR) is 73.8 cm³/mol. The van der Waals surface area contributed by atoms with E-state index in [-0.39, 0.29) is 6.04 Å². The first-order valence-electron chi connectivity index (χ1n) is 5.77. The van der Waals surface area contributed by atoms with Gasteiger partial charge < -0.3 is 10.3 Å². The second-order valence-corrected chi connectivity index (χ2v) is 4.87. The number of aromatic nitrogens is 1. The van der Waals surface area contributed by atoms with Gasteiger partial charge in [0.1, 0.15) is 5.69 Å². The fourth-order valence-corrected chi connectivity index (χ4v) is 2.19. The van der Waals surface area contributed by atoms with Crippen LogP contribution in [-0.4, -0.2) is 10.5 Å². The highest BCUT2D eigenvalue weighted by molar-refractivity contribution is 6.33. The molecule has 0 spiro atoms. The number of primary amides is 1. The van der Waals surface area contributed by atoms with Crippen molar-refractivity contribution in [2.45, 2.75) is 19.9 Å². The number of carbonyl (C=O) groups is 1. The summed E-state index contributed by atoms with van der Waals surface area (Å²) in [6.45, 7) is 4.01. The molecule has 1 aromatic heterocycles. The van der Waals surface area contributed by atoms with E-state index in [1.807, 2.05) is 48.9 Å². The first-order valence-corrected chi connectivity index (χ1v) is 6.15. The van der Waals surface area contributed by atoms with Crippen LogP contribution in [-0.2, 0) is 0 Å². The maximum Gasteiger partial charge on any atom is 0.265 e. The summed E-state index contributed by atoms with van der Waals surface area (Å²) >= 11 is 6.15. The standard InChI is InChI=1S/C14H15ClN2O/c1-9(2)17-8-10(7-13(17)14(16)18)11-5-3-4-6-12(11)15/h3-9H,1-2H3,(H2,16,18). The van der Waals surface area contributed by atoms with E-state index in [4.69, 9.17) is 17.3 Å². The van der Waals surface area contributed by atoms with Gasteiger partial charge in [0.25, 0.3) is 5.91 Å². The van der Waals surface area contributed by atoms with Gasteiger partial charge in [-0.15, -0.1) is 0 Å². The van der Waals surface area contributed by atoms with Crippen molar-refractivity contribution in [2.24, 2.45) is 5.73 Å². The zero-order valence-corrected chi connectivity index (χ0v) is 11.1. The second-order valence-electron chi connectivity index (χ2n) is 4.46. The van der Waals surface area contributed by atoms with Gasteiger partial charge in [-0.25, -0.2) is 0 Å². The molecule has 3 nitrogen and oxygen atoms in total. The molecule has 1 aromatic carbocycles. The van der Waals surface area contributed by atoms with Crippen LogP contribution in [0.1, 0.15) is 30.4 Å². The minimum absolute atomic E-state index is 0.170. The van der Waals surface area contributed by atoms with Crippen molar-refractivity contribution in [3.8, 4) is 11.1 Å². The summed E-state index contributed by atoms with van der Waals surface area (Å²) in [6.07, 6.45) is 1.91. The van der Waals surface area contributed by atoms with Crippen LogP contribution in [0.4, 0.5) is 0 Å². The Morgan fingerprint density at radius 1 is 1.33 bits per heavy atom. The first-order chi connectivity index (χ1) is 8.50. The molecule has 0 aliphatic rings. The average Bonchev–Trinajstić information content (AvgIpc) is 2.74. The van der Waals surface area contributed by atoms with Crippen molar-refractivity contribution in [2.75, 3.05) is 0 Å². The molecule has 0 atom stereocenters. The van der Waals surface area contributed by atoms with E-state index < -0.39 is 5.91 Å². The van der Waals surface area contributed by atoms with E-state index in [1.54, 1.807) is 6.07 Å². The van der Waals surface area contributed by atoms with Crippen LogP contribution >= 0.6 is 11.6 Å². The lowest BCUT2D eigenvalue weighted by Gasteiger charge is -2.09. The van der Waals surface area contributed by atoms with Crippen molar-refractivity contribution in [3.63, 3.8) is 0 Å². The predicted octanol–water partition coefficient (Wildman–Crippen LogP) is 3.49. The van der Waals surface area contributed by atoms with Crippen LogP contribution in [0.3, 0.4) is 0 Å². The van der Waals surface area contributed by atoms with E-state index in [9.17, 15) is 4.79 Å². The molecule has 1 amide bonds. The van der Waals surface area contributed by atoms with E-state index in [0.717, 1.165) is 11.1 Å². The van der Waals surface area contributed by atoms with Gasteiger partial charge in [0.05, 0.1) is 0 Å². The summed E-state index contributed by atoms with van der Waals surface area (Å²) in [7, 11) is 0. The molecule has 18 heavy (non-hydrogen) atoms. The van der Waals surface area contributed by atoms with Gasteiger partial charge in [-0.2, -0.15) is 0 Å². The molecule has 0 saturated carbocycles. The molecule has 0 fully saturated rings. The Morgan fingerprint density at radius 3 is 2.50 bits per heavy atom. The van der Waals surface area contributed by atoms with Gasteiger partial charge >= 0.3 is 0 Å². The van der Waals surface area contributed by atoms with Crippen molar-refractivity contribution < 1.29 is 4.79 Å². The Balaban J connectivity index is 2.57. The maximum absolute atomic E-state index is 11.4. The fraction of sp³-hybridized carbons (Fsp3) is 0.214. The fourth-order valence-electron chi connectivity index (χ4n) is 1.95. The van der Waals surface area contributed by atoms with Crippen molar-refractivity contribution in [1.82, 2.24) is 4.57 Å². The molecular formula is C14H15ClN2O. The monoisotopic (exact) mass is 262 g/mol. The highest BCUT2D eigenvalue weighted by atomic mass is 35.5. The Hall–Kier alpha value is -1.74. The Kier molecular flexibility index (Phi) is 3.43. The lowest BCUT2D eigenvalue weighted by Crippen LogP contribution is -2.17. The molecule has 2 aromatic rings. The van der Waals surface area contributed by atoms with Crippen LogP contribution in [0.2, 0.25) is 5.02 Å². The van der Waals surface area contributed by atoms with E-state index >= 15 is 0 Å². The number of halogens is 1. The van der Waals surface area contributed by atoms with Gasteiger partial charge in [-0.3, -0.25) is 4.79 Å². The van der Waals surface area contributed by atoms with Gasteiger partial charge in [-0.05, 0) is 26.0 Å². The van der Waals surface area contributed by atoms with Crippen molar-refractivity contribution in [1.29, 1.82) is 0 Å². The number of hydrogen-bond acceptors (Lipinski definition) is 1. The van der Waals surface area contributed by atoms with Crippen molar-refractivity contribution in [3.05, 3.63) is 47.2 Å². The maximum atomic E-state index is 11.4. The Labute approximate surface area is 111 Å². The lowest BCUT2D eigenvalue weighted by atomic mass is 10.1. The number of amides is 1. The third-order valence-electron chi connectivity index (χ3n) is 2.84. The lowest BCUT2D eigenvalue weighted by molar-refractivity contribution is 0.0990. The van der Waals surface area contributed by atoms with Crippen LogP contribution in [0.25, 0.3) is 11.1 Å². The summed E-state index contributed by atoms with van der Waals surface area (Å²) in [5.74, 6) is -0.429. The number of rotatable bonds is 3. The molecule has 2 rings (SSSR count). The normalized spacial score (nSPS) is 10.9. The van der Waals surface area contributed by atoms with Crippen LogP contribution in [0, 0.1) is 0 Å². The number of benzene rings is 1. The highest BCUT2D eigenvalue weighted by Crippen LogP contribution is 2.30. The van der Waals surface area contributed by atoms with Gasteiger partial charge in [0, 0.05) is 28.4 Å². The molecule has 0 unspecified atom stereocenters. The molecule has 0 aliphatic heterocycles. The molecule has 1 heterocycles. The third-order valence-corrected chi connectivity index (χ3v) is 3.17. The molecule has 0 saturated heterocycles. The second kappa shape index (κ2) is 4.86. The first kappa shape index (κ1) is 12.7. The SMILES string of the molecule is CC(C)n1cc(-c2ccccc2Cl)cc1C(N)=O. The number of hydrogen-bond donors (Lipinski definition) is 1. The van der Waals surface area contributed by atoms with Gasteiger partial charge in [0.2, 0.25) is 0 Å². The molecule has 0 bridgehead atoms. The Morgan fingerprint density at radius 2 is 2.00 bits per heavy atom. The molecule has 94 valence electrons. The summed E-state index contributed by atoms with van der Waals surface area (Å²) in [6, 6.07) is 9.49. The van der Waals surface area contributed by atoms with Gasteiger partial charge in [0.15, 0.2) is 0 Å². The minimum atomic E-state index is -0.429. The van der Waals surface area contributed by atoms with E-state index in [0.29, 0.717) is 10.7 Å². The van der Waals surface area contributed by atoms with Crippen LogP contribution < -0.4 is 5.73 Å². The van der Waals surface area contributed by atoms with E-state index in [1.165, 1.54) is 0 Å². The zero-order chi connectivity index (χ0) is 13.3. The Bertz CT molecular complexity index is 587. The topological polar surface area (TPSA) is 48.0 Å². The number of nitrogens with two attached hydrogens (primary N) is 1. The van der Waals surface area contributed by atoms with Crippen LogP contribution in [0.15, 0.2) is 36.5 Å². The molecule has 2 N–H and O–H groups in total. The summed E-state index contributed by atoms with van der Waals surface area (Å²) < 4.78 is 1.86. The average molecular weight is 263 g/mol. The third kappa shape index (κ3) is 2.27. The van der Waals surface area contributed by atoms with Crippen LogP contribution in [0.5, 0.6) is 0 Å². The summed E-state index contributed by atoms with van der Waals surface area (Å²) in [5.41, 5.74) is 7.70. The highest BCUT2D eigenvalue weighted by Gasteiger charge is 2.14. The summed E-state index contributed by atoms with van der Waals surface area (Å²) in [5, 5.41) is 0.662. The molecule has 0 radical (unpaired) electrons. The number of carbonyl (C=O) groups excluding carboxylic acids is 1. The smallest absolute Gasteiger partial charge is 0.265 e. The van der Waals surface area contributed by atoms with Gasteiger partial charge in [-0.1, -0.05) is 29.8 Å². The quantitative estimate of drug-likeness (QED) is 0.904. The molecule has 0 aliphatic carbocycles. The minimum Gasteiger partial charge on any atom is -0.364 e. The van der Waals surface area contributed by atoms with E-state index in [2.05, 4.69) is 0 Å². The summed E-state index contributed by atoms with van der Waals surface area (Å²) in [4.78, 5) is 11.4. The molecular weight excluding hydrogens is 248 g/mol. The molecule has 4 heteroatoms. The largest absolute Gasteiger partial charge is 0.364 e.